The van der Waals surface area contributed by atoms with Crippen molar-refractivity contribution >= 4 is 11.1 Å². The highest BCUT2D eigenvalue weighted by molar-refractivity contribution is 5.98. The molecule has 3 aromatic carbocycles. The molecule has 0 amide bonds. The average Bonchev–Trinajstić information content (AvgIpc) is 2.80. The van der Waals surface area contributed by atoms with E-state index in [2.05, 4.69) is 96.8 Å². The first-order valence-electron chi connectivity index (χ1n) is 11.1. The Morgan fingerprint density at radius 3 is 2.00 bits per heavy atom. The number of hydrogen-bond acceptors (Lipinski definition) is 2. The molecule has 0 spiro atoms. The molecule has 3 aromatic rings. The van der Waals surface area contributed by atoms with Crippen LogP contribution in [0.4, 0.5) is 4.39 Å². The van der Waals surface area contributed by atoms with Gasteiger partial charge in [-0.3, -0.25) is 9.29 Å². The van der Waals surface area contributed by atoms with Gasteiger partial charge in [0, 0.05) is 25.6 Å². The largest absolute Gasteiger partial charge is 0.492 e. The molecule has 0 unspecified atom stereocenters. The van der Waals surface area contributed by atoms with Crippen LogP contribution in [-0.2, 0) is 0 Å². The number of ether oxygens (including phenoxy) is 1. The van der Waals surface area contributed by atoms with Gasteiger partial charge in [0.25, 0.3) is 0 Å². The van der Waals surface area contributed by atoms with Crippen LogP contribution in [0.5, 0.6) is 5.75 Å². The number of halogens is 1. The van der Waals surface area contributed by atoms with Crippen molar-refractivity contribution in [1.82, 2.24) is 4.90 Å². The summed E-state index contributed by atoms with van der Waals surface area (Å²) in [5, 5.41) is 0. The Kier molecular flexibility index (Phi) is 7.16. The van der Waals surface area contributed by atoms with Crippen LogP contribution in [0.25, 0.3) is 11.1 Å². The van der Waals surface area contributed by atoms with Crippen molar-refractivity contribution < 1.29 is 9.13 Å². The van der Waals surface area contributed by atoms with Gasteiger partial charge in [0.1, 0.15) is 12.4 Å². The molecular weight excluding hydrogens is 385 g/mol. The lowest BCUT2D eigenvalue weighted by molar-refractivity contribution is 0.0668. The molecule has 0 saturated carbocycles. The fourth-order valence-corrected chi connectivity index (χ4v) is 4.25. The molecular formula is C28H30FNO. The molecule has 0 radical (unpaired) electrons. The van der Waals surface area contributed by atoms with E-state index < -0.39 is 0 Å². The number of benzene rings is 3. The summed E-state index contributed by atoms with van der Waals surface area (Å²) in [6.07, 6.45) is 0.947. The fraction of sp³-hybridized carbons (Fsp3) is 0.286. The molecule has 1 saturated heterocycles. The van der Waals surface area contributed by atoms with Gasteiger partial charge in [-0.1, -0.05) is 79.7 Å². The second kappa shape index (κ2) is 10.4. The normalized spacial score (nSPS) is 15.3. The van der Waals surface area contributed by atoms with E-state index in [0.717, 1.165) is 31.8 Å². The third-order valence-electron chi connectivity index (χ3n) is 5.91. The molecule has 1 aliphatic rings. The minimum absolute atomic E-state index is 0.210. The van der Waals surface area contributed by atoms with Crippen LogP contribution in [0.3, 0.4) is 0 Å². The zero-order valence-electron chi connectivity index (χ0n) is 18.1. The van der Waals surface area contributed by atoms with E-state index in [1.54, 1.807) is 0 Å². The highest BCUT2D eigenvalue weighted by Crippen LogP contribution is 2.34. The SMILES string of the molecule is CCC(=C(c1ccccc1)c1ccc(OCCN2CC(CF)C2)cc1)c1ccccc1. The summed E-state index contributed by atoms with van der Waals surface area (Å²) in [5.74, 6) is 1.09. The maximum absolute atomic E-state index is 12.6. The predicted molar refractivity (Wildman–Crippen MR) is 127 cm³/mol. The monoisotopic (exact) mass is 415 g/mol. The van der Waals surface area contributed by atoms with Gasteiger partial charge in [-0.15, -0.1) is 0 Å². The van der Waals surface area contributed by atoms with E-state index in [-0.39, 0.29) is 12.6 Å². The maximum Gasteiger partial charge on any atom is 0.119 e. The first-order chi connectivity index (χ1) is 15.3. The van der Waals surface area contributed by atoms with Crippen molar-refractivity contribution in [1.29, 1.82) is 0 Å². The van der Waals surface area contributed by atoms with E-state index in [4.69, 9.17) is 4.74 Å². The van der Waals surface area contributed by atoms with E-state index in [9.17, 15) is 4.39 Å². The van der Waals surface area contributed by atoms with E-state index >= 15 is 0 Å². The molecule has 0 aromatic heterocycles. The van der Waals surface area contributed by atoms with Gasteiger partial charge in [-0.2, -0.15) is 0 Å². The molecule has 2 nitrogen and oxygen atoms in total. The Bertz CT molecular complexity index is 977. The number of alkyl halides is 1. The number of rotatable bonds is 9. The fourth-order valence-electron chi connectivity index (χ4n) is 4.25. The molecule has 0 bridgehead atoms. The molecule has 1 heterocycles. The summed E-state index contributed by atoms with van der Waals surface area (Å²) >= 11 is 0. The van der Waals surface area contributed by atoms with Crippen molar-refractivity contribution in [2.75, 3.05) is 32.9 Å². The van der Waals surface area contributed by atoms with Gasteiger partial charge in [-0.25, -0.2) is 0 Å². The van der Waals surface area contributed by atoms with Gasteiger partial charge >= 0.3 is 0 Å². The van der Waals surface area contributed by atoms with Crippen LogP contribution in [0.1, 0.15) is 30.0 Å². The third-order valence-corrected chi connectivity index (χ3v) is 5.91. The van der Waals surface area contributed by atoms with Crippen LogP contribution in [-0.4, -0.2) is 37.8 Å². The topological polar surface area (TPSA) is 12.5 Å². The summed E-state index contributed by atoms with van der Waals surface area (Å²) in [6.45, 7) is 5.18. The molecule has 0 N–H and O–H groups in total. The van der Waals surface area contributed by atoms with Gasteiger partial charge in [0.2, 0.25) is 0 Å². The van der Waals surface area contributed by atoms with E-state index in [1.165, 1.54) is 27.8 Å². The lowest BCUT2D eigenvalue weighted by Gasteiger charge is -2.37. The lowest BCUT2D eigenvalue weighted by Crippen LogP contribution is -2.49. The smallest absolute Gasteiger partial charge is 0.119 e. The summed E-state index contributed by atoms with van der Waals surface area (Å²) in [4.78, 5) is 2.24. The molecule has 0 aliphatic carbocycles. The lowest BCUT2D eigenvalue weighted by atomic mass is 9.88. The molecule has 1 fully saturated rings. The minimum atomic E-state index is -0.210. The van der Waals surface area contributed by atoms with Crippen LogP contribution < -0.4 is 4.74 Å². The highest BCUT2D eigenvalue weighted by atomic mass is 19.1. The van der Waals surface area contributed by atoms with Crippen molar-refractivity contribution in [2.24, 2.45) is 5.92 Å². The second-order valence-corrected chi connectivity index (χ2v) is 8.09. The highest BCUT2D eigenvalue weighted by Gasteiger charge is 2.25. The van der Waals surface area contributed by atoms with Crippen LogP contribution in [0, 0.1) is 5.92 Å². The number of hydrogen-bond donors (Lipinski definition) is 0. The average molecular weight is 416 g/mol. The van der Waals surface area contributed by atoms with Gasteiger partial charge in [0.05, 0.1) is 6.67 Å². The summed E-state index contributed by atoms with van der Waals surface area (Å²) in [7, 11) is 0. The first kappa shape index (κ1) is 21.3. The van der Waals surface area contributed by atoms with Crippen LogP contribution in [0.15, 0.2) is 84.9 Å². The van der Waals surface area contributed by atoms with Crippen molar-refractivity contribution in [2.45, 2.75) is 13.3 Å². The Morgan fingerprint density at radius 2 is 1.42 bits per heavy atom. The van der Waals surface area contributed by atoms with Gasteiger partial charge in [-0.05, 0) is 46.4 Å². The summed E-state index contributed by atoms with van der Waals surface area (Å²) in [6, 6.07) is 29.6. The quantitative estimate of drug-likeness (QED) is 0.378. The summed E-state index contributed by atoms with van der Waals surface area (Å²) in [5.41, 5.74) is 6.26. The minimum Gasteiger partial charge on any atom is -0.492 e. The van der Waals surface area contributed by atoms with Crippen molar-refractivity contribution in [3.05, 3.63) is 102 Å². The molecule has 31 heavy (non-hydrogen) atoms. The van der Waals surface area contributed by atoms with Crippen LogP contribution in [0.2, 0.25) is 0 Å². The number of likely N-dealkylation sites (tertiary alicyclic amines) is 1. The summed E-state index contributed by atoms with van der Waals surface area (Å²) < 4.78 is 18.5. The molecule has 160 valence electrons. The van der Waals surface area contributed by atoms with E-state index in [0.29, 0.717) is 6.61 Å². The Morgan fingerprint density at radius 1 is 0.839 bits per heavy atom. The maximum atomic E-state index is 12.6. The first-order valence-corrected chi connectivity index (χ1v) is 11.1. The zero-order chi connectivity index (χ0) is 21.5. The van der Waals surface area contributed by atoms with Gasteiger partial charge < -0.3 is 4.74 Å². The standard InChI is InChI=1S/C28H30FNO/c1-2-27(23-9-5-3-6-10-23)28(24-11-7-4-8-12-24)25-13-15-26(16-14-25)31-18-17-30-20-22(19-29)21-30/h3-16,22H,2,17-21H2,1H3. The van der Waals surface area contributed by atoms with Crippen LogP contribution >= 0.6 is 0 Å². The second-order valence-electron chi connectivity index (χ2n) is 8.09. The molecule has 3 heteroatoms. The zero-order valence-corrected chi connectivity index (χ0v) is 18.1. The predicted octanol–water partition coefficient (Wildman–Crippen LogP) is 6.34. The third kappa shape index (κ3) is 5.23. The Balaban J connectivity index is 1.54. The molecule has 4 rings (SSSR count). The van der Waals surface area contributed by atoms with Gasteiger partial charge in [0.15, 0.2) is 0 Å². The number of allylic oxidation sites excluding steroid dienone is 1. The van der Waals surface area contributed by atoms with E-state index in [1.807, 2.05) is 0 Å². The number of nitrogens with zero attached hydrogens (tertiary/aromatic N) is 1. The Labute approximate surface area is 185 Å². The molecule has 0 atom stereocenters. The van der Waals surface area contributed by atoms with Crippen molar-refractivity contribution in [3.8, 4) is 5.75 Å². The molecule has 1 aliphatic heterocycles. The van der Waals surface area contributed by atoms with Crippen molar-refractivity contribution in [3.63, 3.8) is 0 Å². The Hall–Kier alpha value is -2.91.